The molecule has 1 rings (SSSR count). The summed E-state index contributed by atoms with van der Waals surface area (Å²) in [5, 5.41) is 2.52. The number of halogens is 1. The zero-order valence-electron chi connectivity index (χ0n) is 8.63. The van der Waals surface area contributed by atoms with Crippen molar-refractivity contribution in [2.24, 2.45) is 0 Å². The summed E-state index contributed by atoms with van der Waals surface area (Å²) in [6.45, 7) is 0.414. The van der Waals surface area contributed by atoms with Gasteiger partial charge in [0, 0.05) is 19.5 Å². The van der Waals surface area contributed by atoms with Gasteiger partial charge in [0.25, 0.3) is 0 Å². The summed E-state index contributed by atoms with van der Waals surface area (Å²) in [7, 11) is 1.59. The average molecular weight is 211 g/mol. The third-order valence-corrected chi connectivity index (χ3v) is 1.89. The second-order valence-corrected chi connectivity index (χ2v) is 3.08. The SMILES string of the molecule is CNC(=O)CCCOc1cccc(F)c1. The normalized spacial score (nSPS) is 9.73. The molecule has 0 unspecified atom stereocenters. The maximum Gasteiger partial charge on any atom is 0.219 e. The predicted octanol–water partition coefficient (Wildman–Crippen LogP) is 1.73. The Morgan fingerprint density at radius 3 is 3.00 bits per heavy atom. The van der Waals surface area contributed by atoms with Crippen molar-refractivity contribution < 1.29 is 13.9 Å². The van der Waals surface area contributed by atoms with Crippen LogP contribution in [0.5, 0.6) is 5.75 Å². The van der Waals surface area contributed by atoms with Crippen molar-refractivity contribution in [2.45, 2.75) is 12.8 Å². The quantitative estimate of drug-likeness (QED) is 0.753. The molecule has 0 atom stereocenters. The Morgan fingerprint density at radius 2 is 2.33 bits per heavy atom. The van der Waals surface area contributed by atoms with E-state index in [0.717, 1.165) is 0 Å². The smallest absolute Gasteiger partial charge is 0.219 e. The maximum absolute atomic E-state index is 12.7. The van der Waals surface area contributed by atoms with E-state index in [1.54, 1.807) is 19.2 Å². The minimum absolute atomic E-state index is 0.0159. The Balaban J connectivity index is 2.23. The summed E-state index contributed by atoms with van der Waals surface area (Å²) >= 11 is 0. The molecule has 0 aliphatic carbocycles. The molecular weight excluding hydrogens is 197 g/mol. The second-order valence-electron chi connectivity index (χ2n) is 3.08. The molecule has 1 aromatic rings. The fraction of sp³-hybridized carbons (Fsp3) is 0.364. The van der Waals surface area contributed by atoms with Crippen LogP contribution in [0.1, 0.15) is 12.8 Å². The van der Waals surface area contributed by atoms with E-state index in [2.05, 4.69) is 5.32 Å². The van der Waals surface area contributed by atoms with Gasteiger partial charge in [-0.05, 0) is 18.6 Å². The molecule has 1 aromatic carbocycles. The first-order chi connectivity index (χ1) is 7.22. The van der Waals surface area contributed by atoms with Gasteiger partial charge in [-0.15, -0.1) is 0 Å². The highest BCUT2D eigenvalue weighted by atomic mass is 19.1. The van der Waals surface area contributed by atoms with E-state index in [9.17, 15) is 9.18 Å². The molecule has 0 aliphatic heterocycles. The lowest BCUT2D eigenvalue weighted by Gasteiger charge is -2.05. The third kappa shape index (κ3) is 4.44. The van der Waals surface area contributed by atoms with Crippen LogP contribution in [-0.2, 0) is 4.79 Å². The predicted molar refractivity (Wildman–Crippen MR) is 55.2 cm³/mol. The third-order valence-electron chi connectivity index (χ3n) is 1.89. The molecule has 15 heavy (non-hydrogen) atoms. The zero-order valence-corrected chi connectivity index (χ0v) is 8.63. The molecule has 1 amide bonds. The zero-order chi connectivity index (χ0) is 11.1. The minimum atomic E-state index is -0.321. The van der Waals surface area contributed by atoms with Crippen LogP contribution in [0.25, 0.3) is 0 Å². The number of carbonyl (C=O) groups is 1. The van der Waals surface area contributed by atoms with Crippen molar-refractivity contribution in [3.8, 4) is 5.75 Å². The van der Waals surface area contributed by atoms with Gasteiger partial charge < -0.3 is 10.1 Å². The van der Waals surface area contributed by atoms with E-state index in [4.69, 9.17) is 4.74 Å². The van der Waals surface area contributed by atoms with Gasteiger partial charge in [0.05, 0.1) is 6.61 Å². The number of nitrogens with one attached hydrogen (secondary N) is 1. The summed E-state index contributed by atoms with van der Waals surface area (Å²) < 4.78 is 18.0. The molecule has 0 bridgehead atoms. The van der Waals surface area contributed by atoms with Crippen LogP contribution in [0.4, 0.5) is 4.39 Å². The first kappa shape index (κ1) is 11.5. The standard InChI is InChI=1S/C11H14FNO2/c1-13-11(14)6-3-7-15-10-5-2-4-9(12)8-10/h2,4-5,8H,3,6-7H2,1H3,(H,13,14). The van der Waals surface area contributed by atoms with Crippen LogP contribution in [0.15, 0.2) is 24.3 Å². The van der Waals surface area contributed by atoms with Gasteiger partial charge in [-0.1, -0.05) is 6.07 Å². The lowest BCUT2D eigenvalue weighted by molar-refractivity contribution is -0.120. The van der Waals surface area contributed by atoms with Gasteiger partial charge in [-0.3, -0.25) is 4.79 Å². The monoisotopic (exact) mass is 211 g/mol. The number of ether oxygens (including phenoxy) is 1. The molecule has 0 fully saturated rings. The van der Waals surface area contributed by atoms with Gasteiger partial charge in [0.15, 0.2) is 0 Å². The fourth-order valence-corrected chi connectivity index (χ4v) is 1.10. The number of amides is 1. The van der Waals surface area contributed by atoms with Crippen molar-refractivity contribution in [2.75, 3.05) is 13.7 Å². The maximum atomic E-state index is 12.7. The highest BCUT2D eigenvalue weighted by Crippen LogP contribution is 2.12. The first-order valence-corrected chi connectivity index (χ1v) is 4.81. The van der Waals surface area contributed by atoms with E-state index in [1.807, 2.05) is 0 Å². The summed E-state index contributed by atoms with van der Waals surface area (Å²) in [6, 6.07) is 5.95. The second kappa shape index (κ2) is 6.01. The Bertz CT molecular complexity index is 328. The molecule has 3 nitrogen and oxygen atoms in total. The number of benzene rings is 1. The fourth-order valence-electron chi connectivity index (χ4n) is 1.10. The molecule has 0 aromatic heterocycles. The lowest BCUT2D eigenvalue weighted by Crippen LogP contribution is -2.18. The Kier molecular flexibility index (Phi) is 4.60. The Morgan fingerprint density at radius 1 is 1.53 bits per heavy atom. The number of hydrogen-bond donors (Lipinski definition) is 1. The highest BCUT2D eigenvalue weighted by molar-refractivity contribution is 5.75. The van der Waals surface area contributed by atoms with Crippen LogP contribution in [0.3, 0.4) is 0 Å². The van der Waals surface area contributed by atoms with Crippen LogP contribution in [-0.4, -0.2) is 19.6 Å². The van der Waals surface area contributed by atoms with E-state index >= 15 is 0 Å². The average Bonchev–Trinajstić information content (AvgIpc) is 2.24. The van der Waals surface area contributed by atoms with E-state index in [-0.39, 0.29) is 11.7 Å². The van der Waals surface area contributed by atoms with Crippen molar-refractivity contribution in [1.82, 2.24) is 5.32 Å². The van der Waals surface area contributed by atoms with Gasteiger partial charge in [0.1, 0.15) is 11.6 Å². The summed E-state index contributed by atoms with van der Waals surface area (Å²) in [5.41, 5.74) is 0. The molecule has 0 saturated heterocycles. The molecule has 0 spiro atoms. The molecule has 0 radical (unpaired) electrons. The van der Waals surface area contributed by atoms with Crippen LogP contribution in [0, 0.1) is 5.82 Å². The van der Waals surface area contributed by atoms with Gasteiger partial charge in [-0.25, -0.2) is 4.39 Å². The van der Waals surface area contributed by atoms with E-state index in [0.29, 0.717) is 25.2 Å². The summed E-state index contributed by atoms with van der Waals surface area (Å²) in [5.74, 6) is 0.156. The molecule has 0 saturated carbocycles. The summed E-state index contributed by atoms with van der Waals surface area (Å²) in [6.07, 6.45) is 1.04. The van der Waals surface area contributed by atoms with Crippen molar-refractivity contribution in [3.63, 3.8) is 0 Å². The van der Waals surface area contributed by atoms with Gasteiger partial charge in [0.2, 0.25) is 5.91 Å². The lowest BCUT2D eigenvalue weighted by atomic mass is 10.3. The molecule has 4 heteroatoms. The Labute approximate surface area is 88.2 Å². The van der Waals surface area contributed by atoms with Crippen molar-refractivity contribution >= 4 is 5.91 Å². The number of carbonyl (C=O) groups excluding carboxylic acids is 1. The van der Waals surface area contributed by atoms with Gasteiger partial charge >= 0.3 is 0 Å². The molecular formula is C11H14FNO2. The van der Waals surface area contributed by atoms with E-state index in [1.165, 1.54) is 12.1 Å². The molecule has 0 aliphatic rings. The largest absolute Gasteiger partial charge is 0.493 e. The molecule has 1 N–H and O–H groups in total. The van der Waals surface area contributed by atoms with Crippen LogP contribution < -0.4 is 10.1 Å². The topological polar surface area (TPSA) is 38.3 Å². The van der Waals surface area contributed by atoms with Crippen molar-refractivity contribution in [1.29, 1.82) is 0 Å². The van der Waals surface area contributed by atoms with Crippen LogP contribution in [0.2, 0.25) is 0 Å². The Hall–Kier alpha value is -1.58. The van der Waals surface area contributed by atoms with E-state index < -0.39 is 0 Å². The highest BCUT2D eigenvalue weighted by Gasteiger charge is 1.99. The molecule has 0 heterocycles. The van der Waals surface area contributed by atoms with Crippen molar-refractivity contribution in [3.05, 3.63) is 30.1 Å². The number of rotatable bonds is 5. The van der Waals surface area contributed by atoms with Gasteiger partial charge in [-0.2, -0.15) is 0 Å². The first-order valence-electron chi connectivity index (χ1n) is 4.81. The minimum Gasteiger partial charge on any atom is -0.493 e. The van der Waals surface area contributed by atoms with Crippen LogP contribution >= 0.6 is 0 Å². The molecule has 82 valence electrons. The number of hydrogen-bond acceptors (Lipinski definition) is 2. The summed E-state index contributed by atoms with van der Waals surface area (Å²) in [4.78, 5) is 10.9.